The van der Waals surface area contributed by atoms with Crippen molar-refractivity contribution in [2.45, 2.75) is 37.5 Å². The summed E-state index contributed by atoms with van der Waals surface area (Å²) in [6.45, 7) is 1.06. The topological polar surface area (TPSA) is 60.9 Å². The second-order valence-corrected chi connectivity index (χ2v) is 7.08. The lowest BCUT2D eigenvalue weighted by Gasteiger charge is -2.45. The number of nitrogens with zero attached hydrogens (tertiary/aromatic N) is 2. The van der Waals surface area contributed by atoms with Gasteiger partial charge >= 0.3 is 12.1 Å². The van der Waals surface area contributed by atoms with Gasteiger partial charge in [-0.1, -0.05) is 18.2 Å². The van der Waals surface area contributed by atoms with Crippen LogP contribution in [0.2, 0.25) is 0 Å². The standard InChI is InChI=1S/C18H21F3N2O3/c1-22-15(24)10-14(16(25)26)17(22)6-8-23(9-7-17)11-12-4-2-3-5-13(12)18(19,20)21/h2-5,14H,6-11H2,1H3,(H,25,26)/t14-/m1/s1. The molecule has 2 saturated heterocycles. The molecule has 5 nitrogen and oxygen atoms in total. The predicted molar refractivity (Wildman–Crippen MR) is 87.2 cm³/mol. The Bertz CT molecular complexity index is 712. The molecule has 0 aromatic heterocycles. The summed E-state index contributed by atoms with van der Waals surface area (Å²) in [7, 11) is 1.62. The van der Waals surface area contributed by atoms with Gasteiger partial charge in [0.15, 0.2) is 0 Å². The third-order valence-corrected chi connectivity index (χ3v) is 5.81. The maximum Gasteiger partial charge on any atom is 0.416 e. The van der Waals surface area contributed by atoms with Gasteiger partial charge in [0.2, 0.25) is 5.91 Å². The molecule has 142 valence electrons. The summed E-state index contributed by atoms with van der Waals surface area (Å²) in [6.07, 6.45) is -3.52. The number of carbonyl (C=O) groups is 2. The number of amides is 1. The molecule has 0 unspecified atom stereocenters. The van der Waals surface area contributed by atoms with Crippen LogP contribution in [0.1, 0.15) is 30.4 Å². The van der Waals surface area contributed by atoms with Gasteiger partial charge in [-0.25, -0.2) is 0 Å². The lowest BCUT2D eigenvalue weighted by Crippen LogP contribution is -2.56. The third kappa shape index (κ3) is 3.18. The largest absolute Gasteiger partial charge is 0.481 e. The second-order valence-electron chi connectivity index (χ2n) is 7.08. The molecule has 1 atom stereocenters. The number of carboxylic acid groups (broad SMARTS) is 1. The fourth-order valence-electron chi connectivity index (χ4n) is 4.26. The predicted octanol–water partition coefficient (Wildman–Crippen LogP) is 2.60. The van der Waals surface area contributed by atoms with E-state index in [0.29, 0.717) is 25.9 Å². The Hall–Kier alpha value is -2.09. The molecule has 0 aliphatic carbocycles. The van der Waals surface area contributed by atoms with Gasteiger partial charge in [0, 0.05) is 33.1 Å². The van der Waals surface area contributed by atoms with Crippen LogP contribution in [-0.2, 0) is 22.3 Å². The minimum Gasteiger partial charge on any atom is -0.481 e. The van der Waals surface area contributed by atoms with E-state index in [1.54, 1.807) is 13.1 Å². The van der Waals surface area contributed by atoms with E-state index in [9.17, 15) is 27.9 Å². The molecule has 8 heteroatoms. The number of aliphatic carboxylic acids is 1. The highest BCUT2D eigenvalue weighted by Gasteiger charge is 2.55. The molecule has 0 saturated carbocycles. The number of carboxylic acids is 1. The maximum atomic E-state index is 13.1. The van der Waals surface area contributed by atoms with Gasteiger partial charge in [-0.3, -0.25) is 14.5 Å². The third-order valence-electron chi connectivity index (χ3n) is 5.81. The summed E-state index contributed by atoms with van der Waals surface area (Å²) < 4.78 is 39.4. The molecule has 3 rings (SSSR count). The monoisotopic (exact) mass is 370 g/mol. The average molecular weight is 370 g/mol. The van der Waals surface area contributed by atoms with Crippen molar-refractivity contribution < 1.29 is 27.9 Å². The molecule has 1 amide bonds. The number of carbonyl (C=O) groups excluding carboxylic acids is 1. The van der Waals surface area contributed by atoms with Crippen LogP contribution in [0.4, 0.5) is 13.2 Å². The normalized spacial score (nSPS) is 23.6. The molecular formula is C18H21F3N2O3. The van der Waals surface area contributed by atoms with Crippen LogP contribution in [0.3, 0.4) is 0 Å². The first-order valence-corrected chi connectivity index (χ1v) is 8.52. The van der Waals surface area contributed by atoms with Crippen molar-refractivity contribution in [1.29, 1.82) is 0 Å². The Balaban J connectivity index is 1.74. The van der Waals surface area contributed by atoms with Crippen LogP contribution < -0.4 is 0 Å². The lowest BCUT2D eigenvalue weighted by atomic mass is 9.77. The quantitative estimate of drug-likeness (QED) is 0.889. The van der Waals surface area contributed by atoms with Crippen LogP contribution in [0.5, 0.6) is 0 Å². The van der Waals surface area contributed by atoms with E-state index in [-0.39, 0.29) is 24.4 Å². The zero-order chi connectivity index (χ0) is 19.1. The van der Waals surface area contributed by atoms with Gasteiger partial charge in [0.1, 0.15) is 0 Å². The number of piperidine rings is 1. The van der Waals surface area contributed by atoms with E-state index in [2.05, 4.69) is 0 Å². The maximum absolute atomic E-state index is 13.1. The van der Waals surface area contributed by atoms with Crippen LogP contribution in [0.25, 0.3) is 0 Å². The highest BCUT2D eigenvalue weighted by atomic mass is 19.4. The number of benzene rings is 1. The molecular weight excluding hydrogens is 349 g/mol. The summed E-state index contributed by atoms with van der Waals surface area (Å²) in [5, 5.41) is 9.48. The number of halogens is 3. The summed E-state index contributed by atoms with van der Waals surface area (Å²) >= 11 is 0. The van der Waals surface area contributed by atoms with Gasteiger partial charge in [-0.05, 0) is 24.5 Å². The van der Waals surface area contributed by atoms with E-state index in [1.165, 1.54) is 17.0 Å². The molecule has 0 radical (unpaired) electrons. The number of likely N-dealkylation sites (tertiary alicyclic amines) is 2. The molecule has 0 bridgehead atoms. The molecule has 1 aromatic rings. The van der Waals surface area contributed by atoms with Crippen molar-refractivity contribution in [3.63, 3.8) is 0 Å². The number of alkyl halides is 3. The zero-order valence-corrected chi connectivity index (χ0v) is 14.4. The van der Waals surface area contributed by atoms with Crippen LogP contribution in [0.15, 0.2) is 24.3 Å². The molecule has 1 spiro atoms. The van der Waals surface area contributed by atoms with Gasteiger partial charge < -0.3 is 10.0 Å². The zero-order valence-electron chi connectivity index (χ0n) is 14.4. The van der Waals surface area contributed by atoms with E-state index in [1.807, 2.05) is 4.90 Å². The van der Waals surface area contributed by atoms with Crippen molar-refractivity contribution >= 4 is 11.9 Å². The SMILES string of the molecule is CN1C(=O)C[C@H](C(=O)O)C12CCN(Cc1ccccc1C(F)(F)F)CC2. The van der Waals surface area contributed by atoms with Gasteiger partial charge in [-0.15, -0.1) is 0 Å². The number of hydrogen-bond acceptors (Lipinski definition) is 3. The van der Waals surface area contributed by atoms with Crippen molar-refractivity contribution in [3.05, 3.63) is 35.4 Å². The van der Waals surface area contributed by atoms with Crippen molar-refractivity contribution in [2.75, 3.05) is 20.1 Å². The minimum absolute atomic E-state index is 0.0112. The number of hydrogen-bond donors (Lipinski definition) is 1. The highest BCUT2D eigenvalue weighted by molar-refractivity contribution is 5.88. The molecule has 2 heterocycles. The molecule has 2 aliphatic rings. The number of rotatable bonds is 3. The Kier molecular flexibility index (Phi) is 4.72. The molecule has 1 N–H and O–H groups in total. The Morgan fingerprint density at radius 2 is 1.88 bits per heavy atom. The summed E-state index contributed by atoms with van der Waals surface area (Å²) in [5.74, 6) is -1.93. The first-order valence-electron chi connectivity index (χ1n) is 8.52. The Morgan fingerprint density at radius 3 is 2.46 bits per heavy atom. The molecule has 2 fully saturated rings. The smallest absolute Gasteiger partial charge is 0.416 e. The second kappa shape index (κ2) is 6.57. The van der Waals surface area contributed by atoms with E-state index in [4.69, 9.17) is 0 Å². The summed E-state index contributed by atoms with van der Waals surface area (Å²) in [6, 6.07) is 5.50. The van der Waals surface area contributed by atoms with Crippen molar-refractivity contribution in [1.82, 2.24) is 9.80 Å². The fraction of sp³-hybridized carbons (Fsp3) is 0.556. The van der Waals surface area contributed by atoms with E-state index < -0.39 is 29.2 Å². The first kappa shape index (κ1) is 18.7. The summed E-state index contributed by atoms with van der Waals surface area (Å²) in [4.78, 5) is 27.0. The molecule has 2 aliphatic heterocycles. The first-order chi connectivity index (χ1) is 12.1. The average Bonchev–Trinajstić information content (AvgIpc) is 2.82. The Labute approximate surface area is 149 Å². The van der Waals surface area contributed by atoms with Gasteiger partial charge in [0.05, 0.1) is 17.0 Å². The van der Waals surface area contributed by atoms with Crippen LogP contribution in [0, 0.1) is 5.92 Å². The van der Waals surface area contributed by atoms with Crippen LogP contribution in [-0.4, -0.2) is 52.5 Å². The van der Waals surface area contributed by atoms with Gasteiger partial charge in [-0.2, -0.15) is 13.2 Å². The summed E-state index contributed by atoms with van der Waals surface area (Å²) in [5.41, 5.74) is -1.17. The van der Waals surface area contributed by atoms with Crippen molar-refractivity contribution in [3.8, 4) is 0 Å². The Morgan fingerprint density at radius 1 is 1.27 bits per heavy atom. The fourth-order valence-corrected chi connectivity index (χ4v) is 4.26. The van der Waals surface area contributed by atoms with Gasteiger partial charge in [0.25, 0.3) is 0 Å². The van der Waals surface area contributed by atoms with Crippen LogP contribution >= 0.6 is 0 Å². The van der Waals surface area contributed by atoms with E-state index in [0.717, 1.165) is 6.07 Å². The molecule has 26 heavy (non-hydrogen) atoms. The minimum atomic E-state index is -4.40. The van der Waals surface area contributed by atoms with E-state index >= 15 is 0 Å². The van der Waals surface area contributed by atoms with Crippen molar-refractivity contribution in [2.24, 2.45) is 5.92 Å². The highest BCUT2D eigenvalue weighted by Crippen LogP contribution is 2.43. The lowest BCUT2D eigenvalue weighted by molar-refractivity contribution is -0.146. The molecule has 1 aromatic carbocycles.